The molecule has 0 unspecified atom stereocenters. The van der Waals surface area contributed by atoms with Gasteiger partial charge in [0.25, 0.3) is 11.6 Å². The number of nitro groups is 1. The topological polar surface area (TPSA) is 111 Å². The summed E-state index contributed by atoms with van der Waals surface area (Å²) in [6, 6.07) is 4.48. The number of hydrogen-bond acceptors (Lipinski definition) is 6. The Bertz CT molecular complexity index is 650. The van der Waals surface area contributed by atoms with E-state index in [1.165, 1.54) is 6.20 Å². The molecule has 0 aliphatic heterocycles. The summed E-state index contributed by atoms with van der Waals surface area (Å²) in [4.78, 5) is 25.7. The van der Waals surface area contributed by atoms with E-state index in [9.17, 15) is 14.9 Å². The SMILES string of the molecule is O=C(NCc1cccnn1)c1cc(Cl)ncc1[N+](=O)[O-]. The van der Waals surface area contributed by atoms with Crippen molar-refractivity contribution in [2.24, 2.45) is 0 Å². The maximum atomic E-state index is 11.9. The molecule has 0 bridgehead atoms. The van der Waals surface area contributed by atoms with Crippen LogP contribution in [0.5, 0.6) is 0 Å². The van der Waals surface area contributed by atoms with Crippen LogP contribution in [0.2, 0.25) is 5.15 Å². The van der Waals surface area contributed by atoms with Crippen molar-refractivity contribution in [3.63, 3.8) is 0 Å². The van der Waals surface area contributed by atoms with E-state index < -0.39 is 16.5 Å². The van der Waals surface area contributed by atoms with Gasteiger partial charge in [0, 0.05) is 6.20 Å². The first-order chi connectivity index (χ1) is 9.58. The van der Waals surface area contributed by atoms with Crippen LogP contribution in [0.3, 0.4) is 0 Å². The maximum Gasteiger partial charge on any atom is 0.300 e. The minimum Gasteiger partial charge on any atom is -0.346 e. The van der Waals surface area contributed by atoms with Crippen molar-refractivity contribution >= 4 is 23.2 Å². The third kappa shape index (κ3) is 3.23. The maximum absolute atomic E-state index is 11.9. The lowest BCUT2D eigenvalue weighted by molar-refractivity contribution is -0.385. The van der Waals surface area contributed by atoms with Gasteiger partial charge < -0.3 is 5.32 Å². The summed E-state index contributed by atoms with van der Waals surface area (Å²) in [7, 11) is 0. The number of hydrogen-bond donors (Lipinski definition) is 1. The monoisotopic (exact) mass is 293 g/mol. The molecular weight excluding hydrogens is 286 g/mol. The molecule has 0 aliphatic rings. The molecule has 2 rings (SSSR count). The molecule has 2 aromatic heterocycles. The zero-order chi connectivity index (χ0) is 14.5. The van der Waals surface area contributed by atoms with E-state index in [-0.39, 0.29) is 17.3 Å². The van der Waals surface area contributed by atoms with Gasteiger partial charge in [-0.2, -0.15) is 10.2 Å². The second kappa shape index (κ2) is 6.02. The molecule has 8 nitrogen and oxygen atoms in total. The van der Waals surface area contributed by atoms with Crippen LogP contribution in [0.15, 0.2) is 30.6 Å². The molecule has 9 heteroatoms. The Morgan fingerprint density at radius 2 is 2.30 bits per heavy atom. The Kier molecular flexibility index (Phi) is 4.16. The van der Waals surface area contributed by atoms with Crippen LogP contribution in [-0.4, -0.2) is 26.0 Å². The molecule has 0 aromatic carbocycles. The molecule has 2 aromatic rings. The molecule has 1 amide bonds. The van der Waals surface area contributed by atoms with Gasteiger partial charge in [0.15, 0.2) is 0 Å². The number of nitrogens with zero attached hydrogens (tertiary/aromatic N) is 4. The van der Waals surface area contributed by atoms with Crippen LogP contribution in [0.1, 0.15) is 16.1 Å². The fourth-order valence-corrected chi connectivity index (χ4v) is 1.60. The van der Waals surface area contributed by atoms with Gasteiger partial charge in [0.05, 0.1) is 17.2 Å². The lowest BCUT2D eigenvalue weighted by Gasteiger charge is -2.05. The summed E-state index contributed by atoms with van der Waals surface area (Å²) < 4.78 is 0. The molecule has 2 heterocycles. The summed E-state index contributed by atoms with van der Waals surface area (Å²) in [6.45, 7) is 0.101. The predicted molar refractivity (Wildman–Crippen MR) is 69.1 cm³/mol. The van der Waals surface area contributed by atoms with Gasteiger partial charge in [-0.15, -0.1) is 0 Å². The van der Waals surface area contributed by atoms with Crippen LogP contribution < -0.4 is 5.32 Å². The van der Waals surface area contributed by atoms with Crippen molar-refractivity contribution in [1.82, 2.24) is 20.5 Å². The molecule has 0 aliphatic carbocycles. The van der Waals surface area contributed by atoms with Gasteiger partial charge in [0.2, 0.25) is 0 Å². The fourth-order valence-electron chi connectivity index (χ4n) is 1.44. The number of halogens is 1. The largest absolute Gasteiger partial charge is 0.346 e. The molecule has 20 heavy (non-hydrogen) atoms. The summed E-state index contributed by atoms with van der Waals surface area (Å²) in [5.74, 6) is -0.633. The average Bonchev–Trinajstić information content (AvgIpc) is 2.45. The molecule has 0 atom stereocenters. The van der Waals surface area contributed by atoms with E-state index in [0.29, 0.717) is 5.69 Å². The third-order valence-electron chi connectivity index (χ3n) is 2.35. The zero-order valence-corrected chi connectivity index (χ0v) is 10.7. The number of pyridine rings is 1. The van der Waals surface area contributed by atoms with E-state index in [0.717, 1.165) is 12.3 Å². The van der Waals surface area contributed by atoms with Gasteiger partial charge in [-0.3, -0.25) is 14.9 Å². The highest BCUT2D eigenvalue weighted by atomic mass is 35.5. The standard InChI is InChI=1S/C11H8ClN5O3/c12-10-4-8(9(6-13-10)17(19)20)11(18)14-5-7-2-1-3-15-16-7/h1-4,6H,5H2,(H,14,18). The molecule has 102 valence electrons. The van der Waals surface area contributed by atoms with Crippen LogP contribution in [0, 0.1) is 10.1 Å². The number of amides is 1. The van der Waals surface area contributed by atoms with E-state index in [2.05, 4.69) is 20.5 Å². The number of carbonyl (C=O) groups is 1. The lowest BCUT2D eigenvalue weighted by Crippen LogP contribution is -2.24. The van der Waals surface area contributed by atoms with Crippen molar-refractivity contribution in [3.05, 3.63) is 57.1 Å². The van der Waals surface area contributed by atoms with Crippen molar-refractivity contribution in [2.75, 3.05) is 0 Å². The highest BCUT2D eigenvalue weighted by Crippen LogP contribution is 2.20. The molecule has 0 saturated carbocycles. The van der Waals surface area contributed by atoms with Gasteiger partial charge in [-0.1, -0.05) is 11.6 Å². The number of aromatic nitrogens is 3. The first-order valence-corrected chi connectivity index (χ1v) is 5.80. The van der Waals surface area contributed by atoms with Gasteiger partial charge in [-0.25, -0.2) is 4.98 Å². The van der Waals surface area contributed by atoms with E-state index >= 15 is 0 Å². The normalized spacial score (nSPS) is 10.1. The van der Waals surface area contributed by atoms with Crippen molar-refractivity contribution in [2.45, 2.75) is 6.54 Å². The minimum absolute atomic E-state index is 0.000234. The molecule has 0 spiro atoms. The summed E-state index contributed by atoms with van der Waals surface area (Å²) in [5, 5.41) is 20.8. The first kappa shape index (κ1) is 13.8. The van der Waals surface area contributed by atoms with Crippen LogP contribution in [0.4, 0.5) is 5.69 Å². The molecular formula is C11H8ClN5O3. The van der Waals surface area contributed by atoms with Crippen LogP contribution >= 0.6 is 11.6 Å². The van der Waals surface area contributed by atoms with E-state index in [4.69, 9.17) is 11.6 Å². The number of rotatable bonds is 4. The van der Waals surface area contributed by atoms with Crippen molar-refractivity contribution in [3.8, 4) is 0 Å². The molecule has 0 saturated heterocycles. The van der Waals surface area contributed by atoms with Gasteiger partial charge in [0.1, 0.15) is 16.9 Å². The minimum atomic E-state index is -0.694. The number of carbonyl (C=O) groups excluding carboxylic acids is 1. The van der Waals surface area contributed by atoms with Crippen molar-refractivity contribution < 1.29 is 9.72 Å². The second-order valence-electron chi connectivity index (χ2n) is 3.68. The van der Waals surface area contributed by atoms with E-state index in [1.807, 2.05) is 0 Å². The highest BCUT2D eigenvalue weighted by molar-refractivity contribution is 6.29. The quantitative estimate of drug-likeness (QED) is 0.517. The van der Waals surface area contributed by atoms with Crippen LogP contribution in [-0.2, 0) is 6.54 Å². The summed E-state index contributed by atoms with van der Waals surface area (Å²) >= 11 is 5.65. The highest BCUT2D eigenvalue weighted by Gasteiger charge is 2.21. The lowest BCUT2D eigenvalue weighted by atomic mass is 10.2. The smallest absolute Gasteiger partial charge is 0.300 e. The Morgan fingerprint density at radius 3 is 2.95 bits per heavy atom. The van der Waals surface area contributed by atoms with Gasteiger partial charge in [-0.05, 0) is 18.2 Å². The zero-order valence-electron chi connectivity index (χ0n) is 9.99. The Balaban J connectivity index is 2.17. The van der Waals surface area contributed by atoms with Crippen LogP contribution in [0.25, 0.3) is 0 Å². The summed E-state index contributed by atoms with van der Waals surface area (Å²) in [5.41, 5.74) is -0.0337. The molecule has 0 fully saturated rings. The summed E-state index contributed by atoms with van der Waals surface area (Å²) in [6.07, 6.45) is 2.44. The number of nitrogens with one attached hydrogen (secondary N) is 1. The average molecular weight is 294 g/mol. The molecule has 0 radical (unpaired) electrons. The second-order valence-corrected chi connectivity index (χ2v) is 4.07. The van der Waals surface area contributed by atoms with E-state index in [1.54, 1.807) is 12.1 Å². The Labute approximate surface area is 118 Å². The predicted octanol–water partition coefficient (Wildman–Crippen LogP) is 1.36. The molecule has 1 N–H and O–H groups in total. The first-order valence-electron chi connectivity index (χ1n) is 5.42. The fraction of sp³-hybridized carbons (Fsp3) is 0.0909. The van der Waals surface area contributed by atoms with Gasteiger partial charge >= 0.3 is 0 Å². The Morgan fingerprint density at radius 1 is 1.50 bits per heavy atom. The Hall–Kier alpha value is -2.61. The van der Waals surface area contributed by atoms with Crippen molar-refractivity contribution in [1.29, 1.82) is 0 Å². The third-order valence-corrected chi connectivity index (χ3v) is 2.56.